The summed E-state index contributed by atoms with van der Waals surface area (Å²) in [6, 6.07) is 11.1. The van der Waals surface area contributed by atoms with Gasteiger partial charge in [-0.2, -0.15) is 5.10 Å². The first-order valence-corrected chi connectivity index (χ1v) is 14.0. The van der Waals surface area contributed by atoms with Crippen molar-refractivity contribution in [2.45, 2.75) is 53.0 Å². The zero-order chi connectivity index (χ0) is 28.9. The molecule has 10 nitrogen and oxygen atoms in total. The minimum Gasteiger partial charge on any atom is -0.379 e. The van der Waals surface area contributed by atoms with E-state index in [4.69, 9.17) is 21.1 Å². The highest BCUT2D eigenvalue weighted by molar-refractivity contribution is 6.33. The maximum absolute atomic E-state index is 12.9. The number of Topliss-reactive ketones (excluding diaryl/α,β-unsaturated/α-hetero) is 1. The molecule has 2 heterocycles. The number of carbonyl (C=O) groups excluding carboxylic acids is 2. The monoisotopic (exact) mass is 570 g/mol. The first-order chi connectivity index (χ1) is 19.3. The maximum Gasteiger partial charge on any atom is 0.253 e. The van der Waals surface area contributed by atoms with Crippen LogP contribution in [-0.4, -0.2) is 59.4 Å². The number of para-hydroxylation sites is 1. The van der Waals surface area contributed by atoms with Crippen LogP contribution in [0.1, 0.15) is 62.1 Å². The van der Waals surface area contributed by atoms with Gasteiger partial charge in [0.2, 0.25) is 0 Å². The topological polar surface area (TPSA) is 119 Å². The molecule has 1 aromatic carbocycles. The van der Waals surface area contributed by atoms with Gasteiger partial charge in [-0.3, -0.25) is 9.59 Å². The van der Waals surface area contributed by atoms with Crippen LogP contribution in [0, 0.1) is 6.92 Å². The second kappa shape index (κ2) is 16.0. The van der Waals surface area contributed by atoms with E-state index in [2.05, 4.69) is 39.9 Å². The molecular weight excluding hydrogens is 532 g/mol. The van der Waals surface area contributed by atoms with Crippen LogP contribution < -0.4 is 16.0 Å². The van der Waals surface area contributed by atoms with Gasteiger partial charge in [0, 0.05) is 44.2 Å². The standard InChI is InChI=1S/C29H39ClN6O4/c1-5-22(37)9-8-13-39-15-16-40-14-12-31-29(38)23-10-6-7-11-25(23)33-26-18-27(32-19-24(26)30)34-28-17-21(4)35-36(28)20(2)3/h6-7,10-11,17-20H,5,8-9,12-16H2,1-4H3,(H,31,38)(H2,32,33,34). The molecule has 0 saturated heterocycles. The van der Waals surface area contributed by atoms with E-state index in [0.29, 0.717) is 73.6 Å². The van der Waals surface area contributed by atoms with E-state index in [-0.39, 0.29) is 17.7 Å². The number of ether oxygens (including phenoxy) is 2. The molecule has 0 atom stereocenters. The quantitative estimate of drug-likeness (QED) is 0.173. The minimum absolute atomic E-state index is 0.179. The number of carbonyl (C=O) groups is 2. The third kappa shape index (κ3) is 9.62. The molecule has 0 fully saturated rings. The first kappa shape index (κ1) is 31.1. The van der Waals surface area contributed by atoms with E-state index in [1.807, 2.05) is 36.7 Å². The van der Waals surface area contributed by atoms with Crippen molar-refractivity contribution in [3.63, 3.8) is 0 Å². The molecule has 0 unspecified atom stereocenters. The number of pyridine rings is 1. The number of ketones is 1. The fourth-order valence-electron chi connectivity index (χ4n) is 3.88. The normalized spacial score (nSPS) is 11.1. The number of hydrogen-bond acceptors (Lipinski definition) is 8. The van der Waals surface area contributed by atoms with Crippen molar-refractivity contribution in [2.24, 2.45) is 0 Å². The Morgan fingerprint density at radius 3 is 2.52 bits per heavy atom. The maximum atomic E-state index is 12.9. The molecule has 0 spiro atoms. The Balaban J connectivity index is 1.51. The number of amides is 1. The van der Waals surface area contributed by atoms with E-state index >= 15 is 0 Å². The second-order valence-corrected chi connectivity index (χ2v) is 9.94. The number of anilines is 4. The second-order valence-electron chi connectivity index (χ2n) is 9.53. The first-order valence-electron chi connectivity index (χ1n) is 13.6. The largest absolute Gasteiger partial charge is 0.379 e. The summed E-state index contributed by atoms with van der Waals surface area (Å²) in [5.41, 5.74) is 2.59. The molecule has 2 aromatic heterocycles. The van der Waals surface area contributed by atoms with Crippen molar-refractivity contribution in [1.29, 1.82) is 0 Å². The molecule has 0 aliphatic rings. The lowest BCUT2D eigenvalue weighted by Gasteiger charge is -2.15. The summed E-state index contributed by atoms with van der Waals surface area (Å²) in [4.78, 5) is 28.6. The number of nitrogens with zero attached hydrogens (tertiary/aromatic N) is 3. The highest BCUT2D eigenvalue weighted by Gasteiger charge is 2.14. The summed E-state index contributed by atoms with van der Waals surface area (Å²) in [7, 11) is 0. The number of hydrogen-bond donors (Lipinski definition) is 3. The van der Waals surface area contributed by atoms with Gasteiger partial charge in [-0.25, -0.2) is 9.67 Å². The number of nitrogens with one attached hydrogen (secondary N) is 3. The zero-order valence-electron chi connectivity index (χ0n) is 23.6. The Hall–Kier alpha value is -3.47. The van der Waals surface area contributed by atoms with Gasteiger partial charge >= 0.3 is 0 Å². The lowest BCUT2D eigenvalue weighted by atomic mass is 10.1. The number of benzene rings is 1. The molecule has 3 aromatic rings. The minimum atomic E-state index is -0.233. The average Bonchev–Trinajstić information content (AvgIpc) is 3.31. The molecule has 0 radical (unpaired) electrons. The molecule has 0 bridgehead atoms. The predicted molar refractivity (Wildman–Crippen MR) is 158 cm³/mol. The van der Waals surface area contributed by atoms with Crippen LogP contribution in [0.4, 0.5) is 23.0 Å². The van der Waals surface area contributed by atoms with E-state index < -0.39 is 0 Å². The van der Waals surface area contributed by atoms with Crippen LogP contribution in [0.15, 0.2) is 42.6 Å². The van der Waals surface area contributed by atoms with Crippen molar-refractivity contribution < 1.29 is 19.1 Å². The Kier molecular flexibility index (Phi) is 12.4. The number of aromatic nitrogens is 3. The molecular formula is C29H39ClN6O4. The Labute approximate surface area is 240 Å². The van der Waals surface area contributed by atoms with Gasteiger partial charge in [0.25, 0.3) is 5.91 Å². The predicted octanol–water partition coefficient (Wildman–Crippen LogP) is 5.83. The molecule has 0 aliphatic heterocycles. The fraction of sp³-hybridized carbons (Fsp3) is 0.448. The van der Waals surface area contributed by atoms with Gasteiger partial charge in [-0.1, -0.05) is 30.7 Å². The van der Waals surface area contributed by atoms with E-state index in [1.165, 1.54) is 0 Å². The van der Waals surface area contributed by atoms with Crippen LogP contribution in [-0.2, 0) is 14.3 Å². The number of rotatable bonds is 17. The van der Waals surface area contributed by atoms with Gasteiger partial charge < -0.3 is 25.4 Å². The molecule has 0 aliphatic carbocycles. The lowest BCUT2D eigenvalue weighted by Crippen LogP contribution is -2.28. The molecule has 0 saturated carbocycles. The third-order valence-corrected chi connectivity index (χ3v) is 6.24. The van der Waals surface area contributed by atoms with Crippen LogP contribution >= 0.6 is 11.6 Å². The summed E-state index contributed by atoms with van der Waals surface area (Å²) >= 11 is 6.45. The average molecular weight is 571 g/mol. The van der Waals surface area contributed by atoms with Gasteiger partial charge in [0.1, 0.15) is 17.4 Å². The molecule has 40 heavy (non-hydrogen) atoms. The van der Waals surface area contributed by atoms with Crippen molar-refractivity contribution in [1.82, 2.24) is 20.1 Å². The molecule has 3 N–H and O–H groups in total. The van der Waals surface area contributed by atoms with E-state index in [1.54, 1.807) is 24.4 Å². The number of aryl methyl sites for hydroxylation is 1. The highest BCUT2D eigenvalue weighted by Crippen LogP contribution is 2.30. The smallest absolute Gasteiger partial charge is 0.253 e. The summed E-state index contributed by atoms with van der Waals surface area (Å²) in [6.07, 6.45) is 3.40. The van der Waals surface area contributed by atoms with Gasteiger partial charge in [-0.15, -0.1) is 0 Å². The van der Waals surface area contributed by atoms with Crippen LogP contribution in [0.2, 0.25) is 5.02 Å². The molecule has 3 rings (SSSR count). The van der Waals surface area contributed by atoms with Gasteiger partial charge in [0.05, 0.1) is 53.7 Å². The van der Waals surface area contributed by atoms with E-state index in [9.17, 15) is 9.59 Å². The summed E-state index contributed by atoms with van der Waals surface area (Å²) < 4.78 is 12.9. The zero-order valence-corrected chi connectivity index (χ0v) is 24.4. The van der Waals surface area contributed by atoms with Crippen molar-refractivity contribution >= 4 is 46.3 Å². The summed E-state index contributed by atoms with van der Waals surface area (Å²) in [6.45, 7) is 10.0. The van der Waals surface area contributed by atoms with Crippen molar-refractivity contribution in [2.75, 3.05) is 43.6 Å². The SMILES string of the molecule is CCC(=O)CCCOCCOCCNC(=O)c1ccccc1Nc1cc(Nc2cc(C)nn2C(C)C)ncc1Cl. The van der Waals surface area contributed by atoms with E-state index in [0.717, 1.165) is 17.9 Å². The highest BCUT2D eigenvalue weighted by atomic mass is 35.5. The third-order valence-electron chi connectivity index (χ3n) is 5.94. The van der Waals surface area contributed by atoms with Gasteiger partial charge in [0.15, 0.2) is 0 Å². The molecule has 1 amide bonds. The Morgan fingerprint density at radius 1 is 1.02 bits per heavy atom. The summed E-state index contributed by atoms with van der Waals surface area (Å²) in [5, 5.41) is 14.4. The Bertz CT molecular complexity index is 1260. The van der Waals surface area contributed by atoms with Crippen LogP contribution in [0.25, 0.3) is 0 Å². The fourth-order valence-corrected chi connectivity index (χ4v) is 4.03. The van der Waals surface area contributed by atoms with Crippen molar-refractivity contribution in [3.8, 4) is 0 Å². The van der Waals surface area contributed by atoms with Gasteiger partial charge in [-0.05, 0) is 39.3 Å². The van der Waals surface area contributed by atoms with Crippen LogP contribution in [0.5, 0.6) is 0 Å². The Morgan fingerprint density at radius 2 is 1.77 bits per heavy atom. The molecule has 216 valence electrons. The molecule has 11 heteroatoms. The van der Waals surface area contributed by atoms with Crippen LogP contribution in [0.3, 0.4) is 0 Å². The lowest BCUT2D eigenvalue weighted by molar-refractivity contribution is -0.119. The summed E-state index contributed by atoms with van der Waals surface area (Å²) in [5.74, 6) is 1.43. The number of halogens is 1. The van der Waals surface area contributed by atoms with Crippen molar-refractivity contribution in [3.05, 3.63) is 58.9 Å².